The number of carbonyl (C=O) groups is 1. The minimum Gasteiger partial charge on any atom is -0.497 e. The molecule has 3 rings (SSSR count). The van der Waals surface area contributed by atoms with Crippen molar-refractivity contribution < 1.29 is 14.3 Å². The molecular formula is C23H31N3O3. The molecule has 6 heteroatoms. The monoisotopic (exact) mass is 397 g/mol. The Morgan fingerprint density at radius 2 is 1.79 bits per heavy atom. The average Bonchev–Trinajstić information content (AvgIpc) is 2.78. The number of nitrogens with one attached hydrogen (secondary N) is 1. The predicted molar refractivity (Wildman–Crippen MR) is 116 cm³/mol. The van der Waals surface area contributed by atoms with Gasteiger partial charge in [0.2, 0.25) is 5.91 Å². The maximum Gasteiger partial charge on any atom is 0.221 e. The predicted octanol–water partition coefficient (Wildman–Crippen LogP) is 2.57. The zero-order valence-electron chi connectivity index (χ0n) is 17.4. The summed E-state index contributed by atoms with van der Waals surface area (Å²) < 4.78 is 10.7. The average molecular weight is 398 g/mol. The summed E-state index contributed by atoms with van der Waals surface area (Å²) in [7, 11) is 3.37. The van der Waals surface area contributed by atoms with Gasteiger partial charge in [-0.05, 0) is 36.2 Å². The number of amides is 1. The van der Waals surface area contributed by atoms with Crippen LogP contribution in [0.1, 0.15) is 12.0 Å². The normalized spacial score (nSPS) is 14.5. The first-order valence-electron chi connectivity index (χ1n) is 10.2. The number of carbonyl (C=O) groups excluding carboxylic acids is 1. The molecule has 0 aliphatic carbocycles. The number of ether oxygens (including phenoxy) is 2. The van der Waals surface area contributed by atoms with Crippen LogP contribution in [0.3, 0.4) is 0 Å². The number of piperazine rings is 1. The first-order valence-corrected chi connectivity index (χ1v) is 10.2. The minimum atomic E-state index is 0.111. The molecule has 6 nitrogen and oxygen atoms in total. The number of benzene rings is 2. The number of anilines is 1. The zero-order chi connectivity index (χ0) is 20.5. The van der Waals surface area contributed by atoms with Crippen LogP contribution in [0, 0.1) is 0 Å². The third-order valence-electron chi connectivity index (χ3n) is 5.32. The molecule has 1 aliphatic rings. The van der Waals surface area contributed by atoms with Crippen LogP contribution in [-0.2, 0) is 11.2 Å². The Hall–Kier alpha value is -2.73. The van der Waals surface area contributed by atoms with Crippen molar-refractivity contribution >= 4 is 11.6 Å². The summed E-state index contributed by atoms with van der Waals surface area (Å²) in [5.74, 6) is 1.87. The van der Waals surface area contributed by atoms with E-state index in [-0.39, 0.29) is 5.91 Å². The van der Waals surface area contributed by atoms with Crippen LogP contribution >= 0.6 is 0 Å². The molecule has 0 radical (unpaired) electrons. The van der Waals surface area contributed by atoms with E-state index >= 15 is 0 Å². The molecule has 1 heterocycles. The van der Waals surface area contributed by atoms with E-state index in [1.165, 1.54) is 0 Å². The molecule has 0 saturated carbocycles. The molecule has 0 aromatic heterocycles. The van der Waals surface area contributed by atoms with Crippen LogP contribution in [0.15, 0.2) is 48.5 Å². The van der Waals surface area contributed by atoms with Gasteiger partial charge < -0.3 is 19.7 Å². The second kappa shape index (κ2) is 10.7. The molecule has 156 valence electrons. The first kappa shape index (κ1) is 21.0. The Morgan fingerprint density at radius 3 is 2.55 bits per heavy atom. The largest absolute Gasteiger partial charge is 0.497 e. The van der Waals surface area contributed by atoms with Gasteiger partial charge in [0.25, 0.3) is 0 Å². The lowest BCUT2D eigenvalue weighted by molar-refractivity contribution is -0.121. The second-order valence-electron chi connectivity index (χ2n) is 7.20. The Kier molecular flexibility index (Phi) is 7.76. The van der Waals surface area contributed by atoms with Crippen molar-refractivity contribution in [2.75, 3.05) is 58.4 Å². The van der Waals surface area contributed by atoms with Crippen LogP contribution in [0.4, 0.5) is 5.69 Å². The highest BCUT2D eigenvalue weighted by Gasteiger charge is 2.19. The zero-order valence-corrected chi connectivity index (χ0v) is 17.4. The maximum atomic E-state index is 12.2. The van der Waals surface area contributed by atoms with Crippen molar-refractivity contribution in [2.24, 2.45) is 0 Å². The maximum absolute atomic E-state index is 12.2. The van der Waals surface area contributed by atoms with Crippen LogP contribution in [0.2, 0.25) is 0 Å². The van der Waals surface area contributed by atoms with Crippen molar-refractivity contribution in [2.45, 2.75) is 12.8 Å². The van der Waals surface area contributed by atoms with E-state index < -0.39 is 0 Å². The van der Waals surface area contributed by atoms with Crippen molar-refractivity contribution in [3.63, 3.8) is 0 Å². The van der Waals surface area contributed by atoms with E-state index in [0.29, 0.717) is 13.0 Å². The molecule has 0 bridgehead atoms. The lowest BCUT2D eigenvalue weighted by Crippen LogP contribution is -2.47. The number of rotatable bonds is 9. The summed E-state index contributed by atoms with van der Waals surface area (Å²) in [5.41, 5.74) is 2.31. The van der Waals surface area contributed by atoms with Crippen molar-refractivity contribution in [3.05, 3.63) is 54.1 Å². The first-order chi connectivity index (χ1) is 14.2. The highest BCUT2D eigenvalue weighted by molar-refractivity contribution is 5.76. The Morgan fingerprint density at radius 1 is 1.00 bits per heavy atom. The van der Waals surface area contributed by atoms with Gasteiger partial charge in [0.1, 0.15) is 11.5 Å². The fourth-order valence-electron chi connectivity index (χ4n) is 3.63. The van der Waals surface area contributed by atoms with Gasteiger partial charge in [-0.2, -0.15) is 0 Å². The van der Waals surface area contributed by atoms with Gasteiger partial charge in [-0.3, -0.25) is 9.69 Å². The van der Waals surface area contributed by atoms with Crippen LogP contribution in [0.5, 0.6) is 11.5 Å². The van der Waals surface area contributed by atoms with Gasteiger partial charge >= 0.3 is 0 Å². The summed E-state index contributed by atoms with van der Waals surface area (Å²) in [6.07, 6.45) is 1.34. The third kappa shape index (κ3) is 6.12. The summed E-state index contributed by atoms with van der Waals surface area (Å²) >= 11 is 0. The third-order valence-corrected chi connectivity index (χ3v) is 5.32. The molecule has 1 amide bonds. The van der Waals surface area contributed by atoms with Crippen molar-refractivity contribution in [1.82, 2.24) is 10.2 Å². The van der Waals surface area contributed by atoms with Crippen molar-refractivity contribution in [3.8, 4) is 11.5 Å². The lowest BCUT2D eigenvalue weighted by Gasteiger charge is -2.36. The standard InChI is InChI=1S/C23H31N3O3/c1-28-20-7-5-6-19(18-20)10-12-24-23(27)11-13-25-14-16-26(17-15-25)21-8-3-4-9-22(21)29-2/h3-9,18H,10-17H2,1-2H3,(H,24,27). The number of methoxy groups -OCH3 is 2. The molecule has 1 saturated heterocycles. The van der Waals surface area contributed by atoms with Gasteiger partial charge in [0, 0.05) is 45.7 Å². The Balaban J connectivity index is 1.35. The highest BCUT2D eigenvalue weighted by Crippen LogP contribution is 2.28. The van der Waals surface area contributed by atoms with Gasteiger partial charge in [0.05, 0.1) is 19.9 Å². The molecule has 1 fully saturated rings. The summed E-state index contributed by atoms with van der Waals surface area (Å²) in [4.78, 5) is 16.9. The second-order valence-corrected chi connectivity index (χ2v) is 7.20. The molecule has 0 unspecified atom stereocenters. The van der Waals surface area contributed by atoms with Crippen LogP contribution in [-0.4, -0.2) is 64.3 Å². The molecular weight excluding hydrogens is 366 g/mol. The molecule has 29 heavy (non-hydrogen) atoms. The molecule has 1 aliphatic heterocycles. The number of nitrogens with zero attached hydrogens (tertiary/aromatic N) is 2. The van der Waals surface area contributed by atoms with Crippen LogP contribution < -0.4 is 19.7 Å². The van der Waals surface area contributed by atoms with E-state index in [9.17, 15) is 4.79 Å². The quantitative estimate of drug-likeness (QED) is 0.705. The van der Waals surface area contributed by atoms with Gasteiger partial charge in [0.15, 0.2) is 0 Å². The molecule has 0 atom stereocenters. The SMILES string of the molecule is COc1cccc(CCNC(=O)CCN2CCN(c3ccccc3OC)CC2)c1. The summed E-state index contributed by atoms with van der Waals surface area (Å²) in [5, 5.41) is 3.02. The number of hydrogen-bond acceptors (Lipinski definition) is 5. The molecule has 1 N–H and O–H groups in total. The van der Waals surface area contributed by atoms with E-state index in [1.807, 2.05) is 36.4 Å². The molecule has 2 aromatic carbocycles. The van der Waals surface area contributed by atoms with E-state index in [4.69, 9.17) is 9.47 Å². The number of hydrogen-bond donors (Lipinski definition) is 1. The summed E-state index contributed by atoms with van der Waals surface area (Å²) in [6, 6.07) is 16.1. The lowest BCUT2D eigenvalue weighted by atomic mass is 10.1. The van der Waals surface area contributed by atoms with E-state index in [0.717, 1.165) is 61.9 Å². The molecule has 0 spiro atoms. The minimum absolute atomic E-state index is 0.111. The topological polar surface area (TPSA) is 54.0 Å². The van der Waals surface area contributed by atoms with E-state index in [1.54, 1.807) is 14.2 Å². The molecule has 2 aromatic rings. The fraction of sp³-hybridized carbons (Fsp3) is 0.435. The highest BCUT2D eigenvalue weighted by atomic mass is 16.5. The smallest absolute Gasteiger partial charge is 0.221 e. The van der Waals surface area contributed by atoms with Crippen LogP contribution in [0.25, 0.3) is 0 Å². The van der Waals surface area contributed by atoms with Gasteiger partial charge in [-0.1, -0.05) is 24.3 Å². The van der Waals surface area contributed by atoms with E-state index in [2.05, 4.69) is 27.2 Å². The Bertz CT molecular complexity index is 788. The Labute approximate surface area is 173 Å². The fourth-order valence-corrected chi connectivity index (χ4v) is 3.63. The van der Waals surface area contributed by atoms with Crippen molar-refractivity contribution in [1.29, 1.82) is 0 Å². The van der Waals surface area contributed by atoms with Gasteiger partial charge in [-0.25, -0.2) is 0 Å². The summed E-state index contributed by atoms with van der Waals surface area (Å²) in [6.45, 7) is 5.23. The van der Waals surface area contributed by atoms with Gasteiger partial charge in [-0.15, -0.1) is 0 Å². The number of para-hydroxylation sites is 2.